The first-order valence-electron chi connectivity index (χ1n) is 7.04. The van der Waals surface area contributed by atoms with Crippen molar-refractivity contribution in [2.75, 3.05) is 12.3 Å². The lowest BCUT2D eigenvalue weighted by Crippen LogP contribution is -2.55. The predicted octanol–water partition coefficient (Wildman–Crippen LogP) is 0.540. The van der Waals surface area contributed by atoms with Crippen LogP contribution in [-0.2, 0) is 9.59 Å². The topological polar surface area (TPSA) is 104 Å². The number of carboxylic acid groups (broad SMARTS) is 1. The van der Waals surface area contributed by atoms with Gasteiger partial charge in [0.25, 0.3) is 0 Å². The van der Waals surface area contributed by atoms with Gasteiger partial charge in [-0.3, -0.25) is 9.69 Å². The van der Waals surface area contributed by atoms with E-state index in [1.807, 2.05) is 0 Å². The van der Waals surface area contributed by atoms with Crippen LogP contribution in [0.1, 0.15) is 26.7 Å². The molecule has 1 heterocycles. The van der Waals surface area contributed by atoms with Crippen LogP contribution in [0.25, 0.3) is 0 Å². The molecule has 0 spiro atoms. The summed E-state index contributed by atoms with van der Waals surface area (Å²) in [6, 6.07) is -1.45. The molecule has 0 radical (unpaired) electrons. The Bertz CT molecular complexity index is 453. The van der Waals surface area contributed by atoms with Crippen molar-refractivity contribution in [1.82, 2.24) is 9.80 Å². The molecule has 0 aromatic heterocycles. The average Bonchev–Trinajstić information content (AvgIpc) is 3.13. The summed E-state index contributed by atoms with van der Waals surface area (Å²) in [5.74, 6) is -0.837. The maximum atomic E-state index is 12.7. The summed E-state index contributed by atoms with van der Waals surface area (Å²) < 4.78 is 0. The molecule has 0 bridgehead atoms. The molecule has 3 amide bonds. The Morgan fingerprint density at radius 2 is 2.00 bits per heavy atom. The highest BCUT2D eigenvalue weighted by molar-refractivity contribution is 8.00. The molecule has 2 rings (SSSR count). The van der Waals surface area contributed by atoms with Crippen LogP contribution in [0.2, 0.25) is 0 Å². The van der Waals surface area contributed by atoms with E-state index in [1.54, 1.807) is 13.8 Å². The Kier molecular flexibility index (Phi) is 4.65. The van der Waals surface area contributed by atoms with Crippen molar-refractivity contribution >= 4 is 29.7 Å². The third kappa shape index (κ3) is 3.42. The lowest BCUT2D eigenvalue weighted by atomic mass is 10.2. The monoisotopic (exact) mass is 315 g/mol. The quantitative estimate of drug-likeness (QED) is 0.770. The second-order valence-electron chi connectivity index (χ2n) is 5.79. The summed E-state index contributed by atoms with van der Waals surface area (Å²) in [7, 11) is 0. The second kappa shape index (κ2) is 6.13. The minimum absolute atomic E-state index is 0.104. The van der Waals surface area contributed by atoms with Gasteiger partial charge in [-0.25, -0.2) is 9.59 Å². The highest BCUT2D eigenvalue weighted by Gasteiger charge is 2.49. The molecule has 2 fully saturated rings. The third-order valence-electron chi connectivity index (χ3n) is 3.76. The van der Waals surface area contributed by atoms with Crippen molar-refractivity contribution in [3.05, 3.63) is 0 Å². The number of amides is 3. The van der Waals surface area contributed by atoms with Crippen molar-refractivity contribution < 1.29 is 19.5 Å². The normalized spacial score (nSPS) is 25.2. The minimum atomic E-state index is -0.998. The molecule has 1 aliphatic carbocycles. The summed E-state index contributed by atoms with van der Waals surface area (Å²) in [5, 5.41) is 9.23. The zero-order valence-electron chi connectivity index (χ0n) is 12.2. The Balaban J connectivity index is 2.22. The standard InChI is InChI=1S/C13H21N3O4S/c1-7(2)15(5-10(14)17)13(20)16-9(12(18)19)6-21-11(16)8-3-4-8/h7-9,11H,3-6H2,1-2H3,(H2,14,17)(H,18,19). The molecule has 0 aromatic carbocycles. The van der Waals surface area contributed by atoms with E-state index in [9.17, 15) is 19.5 Å². The molecular formula is C13H21N3O4S. The van der Waals surface area contributed by atoms with Crippen molar-refractivity contribution in [2.24, 2.45) is 11.7 Å². The maximum Gasteiger partial charge on any atom is 0.327 e. The third-order valence-corrected chi connectivity index (χ3v) is 5.22. The molecule has 3 N–H and O–H groups in total. The van der Waals surface area contributed by atoms with Gasteiger partial charge < -0.3 is 15.7 Å². The summed E-state index contributed by atoms with van der Waals surface area (Å²) in [6.45, 7) is 3.37. The van der Waals surface area contributed by atoms with E-state index in [0.717, 1.165) is 12.8 Å². The molecule has 2 aliphatic rings. The number of carbonyl (C=O) groups excluding carboxylic acids is 2. The number of carboxylic acids is 1. The predicted molar refractivity (Wildman–Crippen MR) is 78.7 cm³/mol. The fourth-order valence-electron chi connectivity index (χ4n) is 2.49. The van der Waals surface area contributed by atoms with Gasteiger partial charge >= 0.3 is 12.0 Å². The van der Waals surface area contributed by atoms with Gasteiger partial charge in [0.15, 0.2) is 0 Å². The van der Waals surface area contributed by atoms with Gasteiger partial charge in [0.1, 0.15) is 12.6 Å². The van der Waals surface area contributed by atoms with Crippen LogP contribution < -0.4 is 5.73 Å². The molecule has 8 heteroatoms. The largest absolute Gasteiger partial charge is 0.480 e. The first-order valence-corrected chi connectivity index (χ1v) is 8.09. The van der Waals surface area contributed by atoms with Gasteiger partial charge in [-0.1, -0.05) is 0 Å². The highest BCUT2D eigenvalue weighted by atomic mass is 32.2. The molecule has 7 nitrogen and oxygen atoms in total. The fraction of sp³-hybridized carbons (Fsp3) is 0.769. The van der Waals surface area contributed by atoms with Crippen LogP contribution in [0.5, 0.6) is 0 Å². The second-order valence-corrected chi connectivity index (χ2v) is 6.94. The van der Waals surface area contributed by atoms with Crippen molar-refractivity contribution in [3.63, 3.8) is 0 Å². The van der Waals surface area contributed by atoms with E-state index >= 15 is 0 Å². The molecule has 21 heavy (non-hydrogen) atoms. The zero-order valence-corrected chi connectivity index (χ0v) is 13.0. The number of urea groups is 1. The van der Waals surface area contributed by atoms with Crippen LogP contribution in [0, 0.1) is 5.92 Å². The molecule has 0 aromatic rings. The van der Waals surface area contributed by atoms with Gasteiger partial charge in [-0.15, -0.1) is 11.8 Å². The van der Waals surface area contributed by atoms with E-state index < -0.39 is 23.9 Å². The van der Waals surface area contributed by atoms with Gasteiger partial charge in [0.2, 0.25) is 5.91 Å². The number of aliphatic carboxylic acids is 1. The van der Waals surface area contributed by atoms with E-state index in [0.29, 0.717) is 11.7 Å². The Morgan fingerprint density at radius 1 is 1.38 bits per heavy atom. The lowest BCUT2D eigenvalue weighted by molar-refractivity contribution is -0.141. The summed E-state index contributed by atoms with van der Waals surface area (Å²) in [4.78, 5) is 38.1. The first kappa shape index (κ1) is 15.9. The van der Waals surface area contributed by atoms with Crippen LogP contribution in [0.15, 0.2) is 0 Å². The zero-order chi connectivity index (χ0) is 15.7. The van der Waals surface area contributed by atoms with E-state index in [1.165, 1.54) is 21.6 Å². The number of hydrogen-bond donors (Lipinski definition) is 2. The molecule has 2 unspecified atom stereocenters. The van der Waals surface area contributed by atoms with Crippen molar-refractivity contribution in [1.29, 1.82) is 0 Å². The van der Waals surface area contributed by atoms with Crippen LogP contribution >= 0.6 is 11.8 Å². The number of hydrogen-bond acceptors (Lipinski definition) is 4. The van der Waals surface area contributed by atoms with Gasteiger partial charge in [0.05, 0.1) is 5.37 Å². The fourth-order valence-corrected chi connectivity index (χ4v) is 4.12. The molecule has 1 saturated carbocycles. The number of rotatable bonds is 5. The van der Waals surface area contributed by atoms with Crippen LogP contribution in [0.3, 0.4) is 0 Å². The van der Waals surface area contributed by atoms with E-state index in [2.05, 4.69) is 0 Å². The summed E-state index contributed by atoms with van der Waals surface area (Å²) in [6.07, 6.45) is 2.04. The van der Waals surface area contributed by atoms with Gasteiger partial charge in [-0.2, -0.15) is 0 Å². The lowest BCUT2D eigenvalue weighted by Gasteiger charge is -2.35. The summed E-state index contributed by atoms with van der Waals surface area (Å²) >= 11 is 1.52. The Hall–Kier alpha value is -1.44. The van der Waals surface area contributed by atoms with E-state index in [4.69, 9.17) is 5.73 Å². The first-order chi connectivity index (χ1) is 9.82. The number of nitrogens with zero attached hydrogens (tertiary/aromatic N) is 2. The minimum Gasteiger partial charge on any atom is -0.480 e. The van der Waals surface area contributed by atoms with E-state index in [-0.39, 0.29) is 18.0 Å². The molecular weight excluding hydrogens is 294 g/mol. The Labute approximate surface area is 127 Å². The summed E-state index contributed by atoms with van der Waals surface area (Å²) in [5.41, 5.74) is 5.20. The smallest absolute Gasteiger partial charge is 0.327 e. The Morgan fingerprint density at radius 3 is 2.43 bits per heavy atom. The molecule has 1 saturated heterocycles. The van der Waals surface area contributed by atoms with Crippen molar-refractivity contribution in [3.8, 4) is 0 Å². The van der Waals surface area contributed by atoms with Crippen LogP contribution in [-0.4, -0.2) is 62.6 Å². The number of thioether (sulfide) groups is 1. The van der Waals surface area contributed by atoms with Crippen molar-refractivity contribution in [2.45, 2.75) is 44.1 Å². The number of carbonyl (C=O) groups is 3. The molecule has 118 valence electrons. The van der Waals surface area contributed by atoms with Gasteiger partial charge in [0, 0.05) is 11.8 Å². The molecule has 1 aliphatic heterocycles. The number of nitrogens with two attached hydrogens (primary N) is 1. The SMILES string of the molecule is CC(C)N(CC(N)=O)C(=O)N1C(C(=O)O)CSC1C1CC1. The number of primary amides is 1. The average molecular weight is 315 g/mol. The van der Waals surface area contributed by atoms with Gasteiger partial charge in [-0.05, 0) is 32.6 Å². The molecule has 2 atom stereocenters. The highest BCUT2D eigenvalue weighted by Crippen LogP contribution is 2.45. The van der Waals surface area contributed by atoms with Crippen LogP contribution in [0.4, 0.5) is 4.79 Å². The maximum absolute atomic E-state index is 12.7.